The molecule has 2 rings (SSSR count). The van der Waals surface area contributed by atoms with Crippen molar-refractivity contribution in [2.24, 2.45) is 0 Å². The average Bonchev–Trinajstić information content (AvgIpc) is 2.91. The van der Waals surface area contributed by atoms with E-state index in [2.05, 4.69) is 4.74 Å². The minimum Gasteiger partial charge on any atom is -0.468 e. The van der Waals surface area contributed by atoms with E-state index in [0.717, 1.165) is 10.6 Å². The van der Waals surface area contributed by atoms with Gasteiger partial charge in [-0.05, 0) is 12.1 Å². The maximum atomic E-state index is 12.0. The smallest absolute Gasteiger partial charge is 0.338 e. The van der Waals surface area contributed by atoms with Crippen molar-refractivity contribution >= 4 is 22.0 Å². The van der Waals surface area contributed by atoms with Crippen LogP contribution in [0.4, 0.5) is 0 Å². The molecule has 0 saturated carbocycles. The minimum atomic E-state index is -3.60. The second kappa shape index (κ2) is 6.45. The standard InChI is InChI=1S/C14H17NO6S/c1-20-14(17)12-8-11(9-15(12)22(2,18)19)21-13(16)10-6-4-3-5-7-10/h3-7,11-12H,8-9H2,1-2H3/t11-,12+/m1/s1. The van der Waals surface area contributed by atoms with Gasteiger partial charge in [0.15, 0.2) is 0 Å². The molecule has 22 heavy (non-hydrogen) atoms. The lowest BCUT2D eigenvalue weighted by atomic mass is 10.2. The third-order valence-electron chi connectivity index (χ3n) is 3.40. The molecule has 1 aromatic carbocycles. The van der Waals surface area contributed by atoms with Crippen LogP contribution in [0.1, 0.15) is 16.8 Å². The summed E-state index contributed by atoms with van der Waals surface area (Å²) in [5.74, 6) is -1.21. The summed E-state index contributed by atoms with van der Waals surface area (Å²) in [6.45, 7) is -0.0584. The molecule has 1 heterocycles. The zero-order chi connectivity index (χ0) is 16.3. The van der Waals surface area contributed by atoms with E-state index < -0.39 is 34.1 Å². The van der Waals surface area contributed by atoms with Gasteiger partial charge in [0.1, 0.15) is 12.1 Å². The molecule has 0 aromatic heterocycles. The summed E-state index contributed by atoms with van der Waals surface area (Å²) in [7, 11) is -2.41. The second-order valence-electron chi connectivity index (χ2n) is 5.00. The SMILES string of the molecule is COC(=O)[C@@H]1C[C@@H](OC(=O)c2ccccc2)CN1S(C)(=O)=O. The molecule has 0 unspecified atom stereocenters. The average molecular weight is 327 g/mol. The van der Waals surface area contributed by atoms with Crippen LogP contribution in [0.3, 0.4) is 0 Å². The Morgan fingerprint density at radius 1 is 1.23 bits per heavy atom. The summed E-state index contributed by atoms with van der Waals surface area (Å²) in [5, 5.41) is 0. The quantitative estimate of drug-likeness (QED) is 0.745. The molecule has 120 valence electrons. The molecule has 0 amide bonds. The highest BCUT2D eigenvalue weighted by molar-refractivity contribution is 7.88. The van der Waals surface area contributed by atoms with Crippen molar-refractivity contribution in [2.75, 3.05) is 19.9 Å². The van der Waals surface area contributed by atoms with Crippen LogP contribution in [-0.2, 0) is 24.3 Å². The van der Waals surface area contributed by atoms with Gasteiger partial charge in [0, 0.05) is 6.42 Å². The monoisotopic (exact) mass is 327 g/mol. The van der Waals surface area contributed by atoms with E-state index in [1.807, 2.05) is 0 Å². The summed E-state index contributed by atoms with van der Waals surface area (Å²) in [5.41, 5.74) is 0.370. The number of ether oxygens (including phenoxy) is 2. The van der Waals surface area contributed by atoms with E-state index in [0.29, 0.717) is 5.56 Å². The summed E-state index contributed by atoms with van der Waals surface area (Å²) >= 11 is 0. The predicted molar refractivity (Wildman–Crippen MR) is 77.6 cm³/mol. The fourth-order valence-electron chi connectivity index (χ4n) is 2.36. The summed E-state index contributed by atoms with van der Waals surface area (Å²) in [4.78, 5) is 23.7. The van der Waals surface area contributed by atoms with Gasteiger partial charge in [-0.3, -0.25) is 4.79 Å². The topological polar surface area (TPSA) is 90.0 Å². The molecule has 0 spiro atoms. The van der Waals surface area contributed by atoms with E-state index in [1.54, 1.807) is 30.3 Å². The lowest BCUT2D eigenvalue weighted by Gasteiger charge is -2.18. The Kier molecular flexibility index (Phi) is 4.82. The Bertz CT molecular complexity index is 657. The highest BCUT2D eigenvalue weighted by Crippen LogP contribution is 2.24. The summed E-state index contributed by atoms with van der Waals surface area (Å²) in [6.07, 6.45) is 0.398. The van der Waals surface area contributed by atoms with Crippen molar-refractivity contribution < 1.29 is 27.5 Å². The van der Waals surface area contributed by atoms with Crippen LogP contribution in [0.2, 0.25) is 0 Å². The highest BCUT2D eigenvalue weighted by atomic mass is 32.2. The zero-order valence-corrected chi connectivity index (χ0v) is 13.1. The molecular weight excluding hydrogens is 310 g/mol. The number of nitrogens with zero attached hydrogens (tertiary/aromatic N) is 1. The van der Waals surface area contributed by atoms with Crippen LogP contribution < -0.4 is 0 Å². The van der Waals surface area contributed by atoms with Gasteiger partial charge in [0.25, 0.3) is 0 Å². The Morgan fingerprint density at radius 3 is 2.41 bits per heavy atom. The maximum absolute atomic E-state index is 12.0. The Morgan fingerprint density at radius 2 is 1.86 bits per heavy atom. The van der Waals surface area contributed by atoms with Gasteiger partial charge < -0.3 is 9.47 Å². The molecule has 0 radical (unpaired) electrons. The van der Waals surface area contributed by atoms with E-state index in [1.165, 1.54) is 7.11 Å². The third kappa shape index (κ3) is 3.63. The fraction of sp³-hybridized carbons (Fsp3) is 0.429. The number of carbonyl (C=O) groups is 2. The number of methoxy groups -OCH3 is 1. The van der Waals surface area contributed by atoms with Crippen LogP contribution in [0.25, 0.3) is 0 Å². The maximum Gasteiger partial charge on any atom is 0.338 e. The van der Waals surface area contributed by atoms with Gasteiger partial charge in [-0.15, -0.1) is 0 Å². The van der Waals surface area contributed by atoms with E-state index in [9.17, 15) is 18.0 Å². The van der Waals surface area contributed by atoms with Gasteiger partial charge in [-0.1, -0.05) is 18.2 Å². The third-order valence-corrected chi connectivity index (χ3v) is 4.66. The van der Waals surface area contributed by atoms with Crippen molar-refractivity contribution in [2.45, 2.75) is 18.6 Å². The Labute approximate surface area is 128 Å². The molecule has 1 aromatic rings. The van der Waals surface area contributed by atoms with E-state index in [-0.39, 0.29) is 13.0 Å². The molecule has 7 nitrogen and oxygen atoms in total. The molecule has 0 aliphatic carbocycles. The molecule has 1 aliphatic heterocycles. The van der Waals surface area contributed by atoms with Crippen LogP contribution in [0, 0.1) is 0 Å². The lowest BCUT2D eigenvalue weighted by Crippen LogP contribution is -2.40. The summed E-state index contributed by atoms with van der Waals surface area (Å²) in [6, 6.07) is 7.41. The van der Waals surface area contributed by atoms with Crippen LogP contribution in [0.15, 0.2) is 30.3 Å². The molecule has 1 saturated heterocycles. The normalized spacial score (nSPS) is 22.3. The van der Waals surface area contributed by atoms with Crippen molar-refractivity contribution in [1.82, 2.24) is 4.31 Å². The van der Waals surface area contributed by atoms with Gasteiger partial charge in [0.05, 0.1) is 25.5 Å². The number of hydrogen-bond acceptors (Lipinski definition) is 6. The number of esters is 2. The van der Waals surface area contributed by atoms with Gasteiger partial charge >= 0.3 is 11.9 Å². The van der Waals surface area contributed by atoms with Crippen molar-refractivity contribution in [3.05, 3.63) is 35.9 Å². The first-order valence-corrected chi connectivity index (χ1v) is 8.48. The summed E-state index contributed by atoms with van der Waals surface area (Å²) < 4.78 is 34.4. The van der Waals surface area contributed by atoms with Gasteiger partial charge in [0.2, 0.25) is 10.0 Å². The van der Waals surface area contributed by atoms with Crippen LogP contribution in [-0.4, -0.2) is 56.7 Å². The van der Waals surface area contributed by atoms with Crippen LogP contribution in [0.5, 0.6) is 0 Å². The van der Waals surface area contributed by atoms with Gasteiger partial charge in [-0.25, -0.2) is 13.2 Å². The zero-order valence-electron chi connectivity index (χ0n) is 12.3. The first kappa shape index (κ1) is 16.4. The second-order valence-corrected chi connectivity index (χ2v) is 6.94. The van der Waals surface area contributed by atoms with Crippen molar-refractivity contribution in [1.29, 1.82) is 0 Å². The molecule has 8 heteroatoms. The molecule has 1 aliphatic rings. The first-order valence-electron chi connectivity index (χ1n) is 6.63. The Hall–Kier alpha value is -1.93. The molecule has 0 bridgehead atoms. The fourth-order valence-corrected chi connectivity index (χ4v) is 3.44. The predicted octanol–water partition coefficient (Wildman–Crippen LogP) is 0.419. The first-order chi connectivity index (χ1) is 10.3. The number of hydrogen-bond donors (Lipinski definition) is 0. The van der Waals surface area contributed by atoms with E-state index >= 15 is 0 Å². The van der Waals surface area contributed by atoms with E-state index in [4.69, 9.17) is 4.74 Å². The van der Waals surface area contributed by atoms with Crippen molar-refractivity contribution in [3.63, 3.8) is 0 Å². The minimum absolute atomic E-state index is 0.0584. The number of benzene rings is 1. The van der Waals surface area contributed by atoms with Gasteiger partial charge in [-0.2, -0.15) is 4.31 Å². The van der Waals surface area contributed by atoms with Crippen molar-refractivity contribution in [3.8, 4) is 0 Å². The molecule has 1 fully saturated rings. The largest absolute Gasteiger partial charge is 0.468 e. The lowest BCUT2D eigenvalue weighted by molar-refractivity contribution is -0.144. The number of rotatable bonds is 4. The Balaban J connectivity index is 2.11. The highest BCUT2D eigenvalue weighted by Gasteiger charge is 2.44. The number of sulfonamides is 1. The molecule has 0 N–H and O–H groups in total. The number of carbonyl (C=O) groups excluding carboxylic acids is 2. The molecule has 2 atom stereocenters. The van der Waals surface area contributed by atoms with Crippen LogP contribution >= 0.6 is 0 Å². The molecular formula is C14H17NO6S.